The van der Waals surface area contributed by atoms with Gasteiger partial charge in [-0.2, -0.15) is 0 Å². The van der Waals surface area contributed by atoms with Crippen molar-refractivity contribution in [1.82, 2.24) is 0 Å². The summed E-state index contributed by atoms with van der Waals surface area (Å²) in [6, 6.07) is 9.86. The predicted octanol–water partition coefficient (Wildman–Crippen LogP) is 7.71. The van der Waals surface area contributed by atoms with Gasteiger partial charge in [0.05, 0.1) is 0 Å². The third-order valence-corrected chi connectivity index (χ3v) is 7.95. The number of benzene rings is 1. The average molecular weight is 458 g/mol. The van der Waals surface area contributed by atoms with Crippen LogP contribution in [0.25, 0.3) is 0 Å². The van der Waals surface area contributed by atoms with Crippen molar-refractivity contribution >= 4 is 32.6 Å². The van der Waals surface area contributed by atoms with Crippen LogP contribution < -0.4 is 0 Å². The fourth-order valence-corrected chi connectivity index (χ4v) is 5.86. The molecule has 0 radical (unpaired) electrons. The zero-order chi connectivity index (χ0) is 16.1. The van der Waals surface area contributed by atoms with Gasteiger partial charge in [0.1, 0.15) is 0 Å². The van der Waals surface area contributed by atoms with Gasteiger partial charge in [0.2, 0.25) is 0 Å². The Bertz CT molecular complexity index is 453. The molecule has 136 valence electrons. The van der Waals surface area contributed by atoms with E-state index in [1.54, 1.807) is 11.1 Å². The number of halogens is 1. The molecule has 24 heavy (non-hydrogen) atoms. The van der Waals surface area contributed by atoms with E-state index in [1.807, 2.05) is 0 Å². The minimum Gasteiger partial charge on any atom is -0.122 e. The van der Waals surface area contributed by atoms with Gasteiger partial charge < -0.3 is 0 Å². The largest absolute Gasteiger partial charge is 0.122 e. The molecular weight excluding hydrogens is 422 g/mol. The van der Waals surface area contributed by atoms with Crippen LogP contribution in [0, 0.1) is 5.92 Å². The Labute approximate surface area is 168 Å². The second-order valence-corrected chi connectivity index (χ2v) is 9.40. The lowest BCUT2D eigenvalue weighted by atomic mass is 9.76. The Kier molecular flexibility index (Phi) is 9.06. The molecule has 0 amide bonds. The first-order chi connectivity index (χ1) is 11.3. The first kappa shape index (κ1) is 20.7. The topological polar surface area (TPSA) is 0 Å². The first-order valence-electron chi connectivity index (χ1n) is 10.1. The van der Waals surface area contributed by atoms with Gasteiger partial charge in [0.15, 0.2) is 0 Å². The molecule has 1 atom stereocenters. The predicted molar refractivity (Wildman–Crippen MR) is 121 cm³/mol. The van der Waals surface area contributed by atoms with Crippen LogP contribution in [-0.2, 0) is 0 Å². The summed E-state index contributed by atoms with van der Waals surface area (Å²) < 4.78 is 0. The molecule has 1 aromatic carbocycles. The fraction of sp³-hybridized carbons (Fsp3) is 0.727. The molecule has 0 N–H and O–H groups in total. The summed E-state index contributed by atoms with van der Waals surface area (Å²) in [7, 11) is 1.15. The van der Waals surface area contributed by atoms with Crippen molar-refractivity contribution in [2.24, 2.45) is 5.92 Å². The standard InChI is InChI=1S/C22H35P.HI/c1-3-4-17-5-7-18(8-6-17)19-9-11-20(12-10-19)21-13-15-22(23-2)16-14-21;/h9-12,17-18,21-23H,3-8,13-16H2,1-2H3;1H. The maximum absolute atomic E-state index is 2.47. The van der Waals surface area contributed by atoms with E-state index >= 15 is 0 Å². The highest BCUT2D eigenvalue weighted by Crippen LogP contribution is 2.40. The smallest absolute Gasteiger partial charge is 0.0162 e. The molecule has 0 spiro atoms. The summed E-state index contributed by atoms with van der Waals surface area (Å²) in [5, 5.41) is 0. The second-order valence-electron chi connectivity index (χ2n) is 8.01. The summed E-state index contributed by atoms with van der Waals surface area (Å²) >= 11 is 0. The lowest BCUT2D eigenvalue weighted by Gasteiger charge is -2.30. The molecule has 2 fully saturated rings. The molecule has 2 aliphatic rings. The van der Waals surface area contributed by atoms with Crippen LogP contribution in [-0.4, -0.2) is 12.3 Å². The van der Waals surface area contributed by atoms with E-state index in [9.17, 15) is 0 Å². The average Bonchev–Trinajstić information content (AvgIpc) is 2.63. The van der Waals surface area contributed by atoms with Gasteiger partial charge in [-0.05, 0) is 92.6 Å². The molecule has 0 heterocycles. The SMILES string of the molecule is CCCC1CCC(c2ccc(C3CCC(PC)CC3)cc2)CC1.I. The van der Waals surface area contributed by atoms with Crippen LogP contribution in [0.3, 0.4) is 0 Å². The van der Waals surface area contributed by atoms with Gasteiger partial charge in [-0.25, -0.2) is 0 Å². The normalized spacial score (nSPS) is 31.1. The summed E-state index contributed by atoms with van der Waals surface area (Å²) in [6.45, 7) is 4.72. The molecule has 3 rings (SSSR count). The molecule has 0 saturated heterocycles. The molecule has 2 aliphatic carbocycles. The summed E-state index contributed by atoms with van der Waals surface area (Å²) in [5.74, 6) is 2.70. The van der Waals surface area contributed by atoms with Crippen molar-refractivity contribution in [2.45, 2.75) is 88.6 Å². The zero-order valence-corrected chi connectivity index (χ0v) is 18.9. The zero-order valence-electron chi connectivity index (χ0n) is 15.6. The summed E-state index contributed by atoms with van der Waals surface area (Å²) in [4.78, 5) is 0. The van der Waals surface area contributed by atoms with Crippen molar-refractivity contribution in [2.75, 3.05) is 6.66 Å². The maximum atomic E-state index is 2.47. The fourth-order valence-electron chi connectivity index (χ4n) is 4.95. The highest BCUT2D eigenvalue weighted by molar-refractivity contribution is 14.0. The van der Waals surface area contributed by atoms with E-state index in [-0.39, 0.29) is 24.0 Å². The van der Waals surface area contributed by atoms with Gasteiger partial charge in [-0.3, -0.25) is 0 Å². The Morgan fingerprint density at radius 1 is 0.792 bits per heavy atom. The van der Waals surface area contributed by atoms with Gasteiger partial charge in [0, 0.05) is 0 Å². The Morgan fingerprint density at radius 3 is 1.67 bits per heavy atom. The van der Waals surface area contributed by atoms with E-state index in [0.29, 0.717) is 0 Å². The molecule has 0 nitrogen and oxygen atoms in total. The highest BCUT2D eigenvalue weighted by Gasteiger charge is 2.23. The quantitative estimate of drug-likeness (QED) is 0.313. The van der Waals surface area contributed by atoms with Crippen molar-refractivity contribution in [1.29, 1.82) is 0 Å². The molecular formula is C22H36IP. The van der Waals surface area contributed by atoms with Crippen LogP contribution >= 0.6 is 32.6 Å². The van der Waals surface area contributed by atoms with E-state index in [0.717, 1.165) is 32.0 Å². The van der Waals surface area contributed by atoms with E-state index in [4.69, 9.17) is 0 Å². The monoisotopic (exact) mass is 458 g/mol. The van der Waals surface area contributed by atoms with Crippen LogP contribution in [0.1, 0.15) is 94.1 Å². The molecule has 1 unspecified atom stereocenters. The lowest BCUT2D eigenvalue weighted by Crippen LogP contribution is -2.15. The van der Waals surface area contributed by atoms with Crippen molar-refractivity contribution in [3.05, 3.63) is 35.4 Å². The van der Waals surface area contributed by atoms with Crippen molar-refractivity contribution in [3.8, 4) is 0 Å². The number of hydrogen-bond donors (Lipinski definition) is 0. The first-order valence-corrected chi connectivity index (χ1v) is 11.6. The molecule has 2 heteroatoms. The van der Waals surface area contributed by atoms with Crippen LogP contribution in [0.15, 0.2) is 24.3 Å². The highest BCUT2D eigenvalue weighted by atomic mass is 127. The third-order valence-electron chi connectivity index (χ3n) is 6.56. The minimum absolute atomic E-state index is 0. The Morgan fingerprint density at radius 2 is 1.25 bits per heavy atom. The van der Waals surface area contributed by atoms with Crippen LogP contribution in [0.5, 0.6) is 0 Å². The van der Waals surface area contributed by atoms with E-state index in [1.165, 1.54) is 64.2 Å². The van der Waals surface area contributed by atoms with Gasteiger partial charge in [0.25, 0.3) is 0 Å². The molecule has 0 aliphatic heterocycles. The molecule has 0 aromatic heterocycles. The maximum Gasteiger partial charge on any atom is -0.0162 e. The van der Waals surface area contributed by atoms with E-state index < -0.39 is 0 Å². The second kappa shape index (κ2) is 10.5. The Balaban J connectivity index is 0.00000208. The summed E-state index contributed by atoms with van der Waals surface area (Å²) in [5.41, 5.74) is 4.27. The molecule has 2 saturated carbocycles. The third kappa shape index (κ3) is 5.44. The van der Waals surface area contributed by atoms with Gasteiger partial charge in [-0.1, -0.05) is 44.0 Å². The van der Waals surface area contributed by atoms with E-state index in [2.05, 4.69) is 37.9 Å². The molecule has 0 bridgehead atoms. The Hall–Kier alpha value is 0.380. The van der Waals surface area contributed by atoms with Crippen molar-refractivity contribution < 1.29 is 0 Å². The van der Waals surface area contributed by atoms with Crippen LogP contribution in [0.4, 0.5) is 0 Å². The summed E-state index contributed by atoms with van der Waals surface area (Å²) in [6.07, 6.45) is 14.4. The van der Waals surface area contributed by atoms with Crippen LogP contribution in [0.2, 0.25) is 0 Å². The number of rotatable bonds is 5. The minimum atomic E-state index is 0. The van der Waals surface area contributed by atoms with Gasteiger partial charge in [-0.15, -0.1) is 32.6 Å². The molecule has 1 aromatic rings. The van der Waals surface area contributed by atoms with Crippen molar-refractivity contribution in [3.63, 3.8) is 0 Å². The lowest BCUT2D eigenvalue weighted by molar-refractivity contribution is 0.308. The number of hydrogen-bond acceptors (Lipinski definition) is 0. The van der Waals surface area contributed by atoms with Gasteiger partial charge >= 0.3 is 0 Å².